The van der Waals surface area contributed by atoms with Gasteiger partial charge in [-0.15, -0.1) is 11.3 Å². The van der Waals surface area contributed by atoms with Crippen LogP contribution in [0.25, 0.3) is 4.96 Å². The number of nitrogens with one attached hydrogen (secondary N) is 1. The highest BCUT2D eigenvalue weighted by Crippen LogP contribution is 2.27. The summed E-state index contributed by atoms with van der Waals surface area (Å²) in [5, 5.41) is 13.8. The molecule has 1 unspecified atom stereocenters. The van der Waals surface area contributed by atoms with E-state index in [0.717, 1.165) is 0 Å². The van der Waals surface area contributed by atoms with Crippen molar-refractivity contribution in [3.63, 3.8) is 0 Å². The van der Waals surface area contributed by atoms with Gasteiger partial charge in [-0.2, -0.15) is 0 Å². The van der Waals surface area contributed by atoms with Crippen LogP contribution in [0, 0.1) is 0 Å². The fourth-order valence-corrected chi connectivity index (χ4v) is 3.12. The molecule has 1 saturated heterocycles. The van der Waals surface area contributed by atoms with E-state index < -0.39 is 12.0 Å². The maximum atomic E-state index is 12.0. The molecule has 1 fully saturated rings. The van der Waals surface area contributed by atoms with Gasteiger partial charge in [-0.05, 0) is 0 Å². The summed E-state index contributed by atoms with van der Waals surface area (Å²) >= 11 is 1.35. The second-order valence-corrected chi connectivity index (χ2v) is 5.42. The smallest absolute Gasteiger partial charge is 0.356 e. The lowest BCUT2D eigenvalue weighted by atomic mass is 10.2. The SMILES string of the molecule is CNC(=O)C1COCCN1c1nc2sccn2c1C(=O)O. The zero-order valence-corrected chi connectivity index (χ0v) is 12.1. The fraction of sp³-hybridized carbons (Fsp3) is 0.417. The lowest BCUT2D eigenvalue weighted by molar-refractivity contribution is -0.124. The topological polar surface area (TPSA) is 96.2 Å². The Morgan fingerprint density at radius 2 is 2.38 bits per heavy atom. The first-order chi connectivity index (χ1) is 10.1. The van der Waals surface area contributed by atoms with Gasteiger partial charge in [0.25, 0.3) is 0 Å². The normalized spacial score (nSPS) is 18.9. The lowest BCUT2D eigenvalue weighted by Crippen LogP contribution is -2.54. The highest BCUT2D eigenvalue weighted by molar-refractivity contribution is 7.15. The highest BCUT2D eigenvalue weighted by atomic mass is 32.1. The van der Waals surface area contributed by atoms with Gasteiger partial charge in [-0.1, -0.05) is 0 Å². The van der Waals surface area contributed by atoms with Crippen molar-refractivity contribution in [2.24, 2.45) is 0 Å². The maximum Gasteiger partial charge on any atom is 0.356 e. The first-order valence-corrected chi connectivity index (χ1v) is 7.26. The molecule has 0 saturated carbocycles. The number of morpholine rings is 1. The number of nitrogens with zero attached hydrogens (tertiary/aromatic N) is 3. The first kappa shape index (κ1) is 13.8. The van der Waals surface area contributed by atoms with Gasteiger partial charge in [-0.3, -0.25) is 9.20 Å². The molecule has 8 nitrogen and oxygen atoms in total. The number of aromatic carboxylic acids is 1. The molecular formula is C12H14N4O4S. The number of thiazole rings is 1. The summed E-state index contributed by atoms with van der Waals surface area (Å²) < 4.78 is 6.86. The Hall–Kier alpha value is -2.13. The van der Waals surface area contributed by atoms with Crippen LogP contribution in [0.2, 0.25) is 0 Å². The number of fused-ring (bicyclic) bond motifs is 1. The Morgan fingerprint density at radius 3 is 3.10 bits per heavy atom. The molecule has 9 heteroatoms. The van der Waals surface area contributed by atoms with Crippen LogP contribution in [-0.4, -0.2) is 59.2 Å². The summed E-state index contributed by atoms with van der Waals surface area (Å²) in [4.78, 5) is 30.2. The van der Waals surface area contributed by atoms with Gasteiger partial charge in [0.1, 0.15) is 6.04 Å². The number of aromatic nitrogens is 2. The molecule has 3 heterocycles. The van der Waals surface area contributed by atoms with Crippen LogP contribution < -0.4 is 10.2 Å². The third-order valence-corrected chi connectivity index (χ3v) is 4.15. The zero-order chi connectivity index (χ0) is 15.0. The van der Waals surface area contributed by atoms with Crippen molar-refractivity contribution in [2.75, 3.05) is 31.7 Å². The Morgan fingerprint density at radius 1 is 1.57 bits per heavy atom. The number of likely N-dealkylation sites (N-methyl/N-ethyl adjacent to an activating group) is 1. The molecule has 2 N–H and O–H groups in total. The Labute approximate surface area is 123 Å². The molecule has 1 atom stereocenters. The molecule has 2 aromatic heterocycles. The second kappa shape index (κ2) is 5.34. The average Bonchev–Trinajstić information content (AvgIpc) is 3.06. The van der Waals surface area contributed by atoms with Crippen LogP contribution in [-0.2, 0) is 9.53 Å². The van der Waals surface area contributed by atoms with E-state index in [-0.39, 0.29) is 18.2 Å². The number of anilines is 1. The predicted molar refractivity (Wildman–Crippen MR) is 76.0 cm³/mol. The number of amides is 1. The summed E-state index contributed by atoms with van der Waals surface area (Å²) in [6.07, 6.45) is 1.66. The van der Waals surface area contributed by atoms with Crippen LogP contribution in [0.4, 0.5) is 5.82 Å². The molecule has 1 aliphatic rings. The van der Waals surface area contributed by atoms with E-state index in [9.17, 15) is 14.7 Å². The van der Waals surface area contributed by atoms with E-state index in [4.69, 9.17) is 4.74 Å². The van der Waals surface area contributed by atoms with Crippen LogP contribution >= 0.6 is 11.3 Å². The number of hydrogen-bond acceptors (Lipinski definition) is 6. The molecule has 0 spiro atoms. The van der Waals surface area contributed by atoms with Crippen molar-refractivity contribution in [2.45, 2.75) is 6.04 Å². The molecule has 1 aliphatic heterocycles. The molecular weight excluding hydrogens is 296 g/mol. The molecule has 0 radical (unpaired) electrons. The number of ether oxygens (including phenoxy) is 1. The van der Waals surface area contributed by atoms with Crippen molar-refractivity contribution < 1.29 is 19.4 Å². The number of carbonyl (C=O) groups excluding carboxylic acids is 1. The minimum atomic E-state index is -1.07. The molecule has 1 amide bonds. The standard InChI is InChI=1S/C12H14N4O4S/c1-13-10(17)7-6-20-4-2-15(7)9-8(11(18)19)16-3-5-21-12(16)14-9/h3,5,7H,2,4,6H2,1H3,(H,13,17)(H,18,19). The van der Waals surface area contributed by atoms with Gasteiger partial charge < -0.3 is 20.1 Å². The van der Waals surface area contributed by atoms with Crippen molar-refractivity contribution in [1.82, 2.24) is 14.7 Å². The van der Waals surface area contributed by atoms with Crippen molar-refractivity contribution in [1.29, 1.82) is 0 Å². The van der Waals surface area contributed by atoms with Crippen LogP contribution in [0.1, 0.15) is 10.5 Å². The van der Waals surface area contributed by atoms with E-state index in [1.165, 1.54) is 15.7 Å². The number of carboxylic acid groups (broad SMARTS) is 1. The summed E-state index contributed by atoms with van der Waals surface area (Å²) in [6, 6.07) is -0.577. The number of imidazole rings is 1. The summed E-state index contributed by atoms with van der Waals surface area (Å²) in [5.41, 5.74) is 0.0713. The van der Waals surface area contributed by atoms with Crippen LogP contribution in [0.15, 0.2) is 11.6 Å². The fourth-order valence-electron chi connectivity index (χ4n) is 2.41. The molecule has 0 aromatic carbocycles. The highest BCUT2D eigenvalue weighted by Gasteiger charge is 2.34. The monoisotopic (exact) mass is 310 g/mol. The Bertz CT molecular complexity index is 695. The van der Waals surface area contributed by atoms with Gasteiger partial charge in [-0.25, -0.2) is 9.78 Å². The van der Waals surface area contributed by atoms with Crippen molar-refractivity contribution in [3.8, 4) is 0 Å². The van der Waals surface area contributed by atoms with Crippen molar-refractivity contribution >= 4 is 34.0 Å². The predicted octanol–water partition coefficient (Wildman–Crippen LogP) is 0.0452. The third-order valence-electron chi connectivity index (χ3n) is 3.40. The average molecular weight is 310 g/mol. The molecule has 2 aromatic rings. The minimum Gasteiger partial charge on any atom is -0.476 e. The number of hydrogen-bond donors (Lipinski definition) is 2. The van der Waals surface area contributed by atoms with Crippen LogP contribution in [0.3, 0.4) is 0 Å². The summed E-state index contributed by atoms with van der Waals surface area (Å²) in [6.45, 7) is 1.06. The van der Waals surface area contributed by atoms with Gasteiger partial charge in [0.15, 0.2) is 16.5 Å². The molecule has 21 heavy (non-hydrogen) atoms. The van der Waals surface area contributed by atoms with E-state index in [2.05, 4.69) is 10.3 Å². The largest absolute Gasteiger partial charge is 0.476 e. The molecule has 0 bridgehead atoms. The summed E-state index contributed by atoms with van der Waals surface area (Å²) in [5.74, 6) is -0.980. The lowest BCUT2D eigenvalue weighted by Gasteiger charge is -2.34. The second-order valence-electron chi connectivity index (χ2n) is 4.54. The minimum absolute atomic E-state index is 0.0713. The van der Waals surface area contributed by atoms with Crippen molar-refractivity contribution in [3.05, 3.63) is 17.3 Å². The molecule has 0 aliphatic carbocycles. The molecule has 3 rings (SSSR count). The zero-order valence-electron chi connectivity index (χ0n) is 11.3. The first-order valence-electron chi connectivity index (χ1n) is 6.38. The van der Waals surface area contributed by atoms with Crippen LogP contribution in [0.5, 0.6) is 0 Å². The van der Waals surface area contributed by atoms with Gasteiger partial charge in [0.2, 0.25) is 5.91 Å². The summed E-state index contributed by atoms with van der Waals surface area (Å²) in [7, 11) is 1.54. The number of carboxylic acids is 1. The number of carbonyl (C=O) groups is 2. The third kappa shape index (κ3) is 2.24. The van der Waals surface area contributed by atoms with Gasteiger partial charge in [0.05, 0.1) is 13.2 Å². The van der Waals surface area contributed by atoms with Gasteiger partial charge in [0, 0.05) is 25.2 Å². The maximum absolute atomic E-state index is 12.0. The Kier molecular flexibility index (Phi) is 3.52. The van der Waals surface area contributed by atoms with E-state index in [1.54, 1.807) is 23.5 Å². The Balaban J connectivity index is 2.08. The number of rotatable bonds is 3. The van der Waals surface area contributed by atoms with E-state index in [1.807, 2.05) is 0 Å². The van der Waals surface area contributed by atoms with E-state index >= 15 is 0 Å². The molecule has 112 valence electrons. The van der Waals surface area contributed by atoms with E-state index in [0.29, 0.717) is 23.9 Å². The quantitative estimate of drug-likeness (QED) is 0.831. The van der Waals surface area contributed by atoms with Gasteiger partial charge >= 0.3 is 5.97 Å².